The van der Waals surface area contributed by atoms with E-state index in [1.807, 2.05) is 13.8 Å². The van der Waals surface area contributed by atoms with Crippen LogP contribution in [0, 0.1) is 6.92 Å². The molecule has 1 aromatic heterocycles. The predicted octanol–water partition coefficient (Wildman–Crippen LogP) is 2.11. The highest BCUT2D eigenvalue weighted by molar-refractivity contribution is 5.49. The average molecular weight is 252 g/mol. The maximum absolute atomic E-state index is 5.66. The number of ether oxygens (including phenoxy) is 1. The SMILES string of the molecule is CCOc1ncnc(NC(C)(CC)CCN)c1C. The van der Waals surface area contributed by atoms with Crippen molar-refractivity contribution < 1.29 is 4.74 Å². The van der Waals surface area contributed by atoms with Crippen molar-refractivity contribution in [3.05, 3.63) is 11.9 Å². The van der Waals surface area contributed by atoms with Gasteiger partial charge in [0.15, 0.2) is 0 Å². The van der Waals surface area contributed by atoms with Gasteiger partial charge in [0.1, 0.15) is 12.1 Å². The lowest BCUT2D eigenvalue weighted by Crippen LogP contribution is -2.37. The van der Waals surface area contributed by atoms with E-state index < -0.39 is 0 Å². The van der Waals surface area contributed by atoms with Crippen molar-refractivity contribution in [3.63, 3.8) is 0 Å². The van der Waals surface area contributed by atoms with Gasteiger partial charge in [-0.2, -0.15) is 0 Å². The molecule has 1 unspecified atom stereocenters. The lowest BCUT2D eigenvalue weighted by atomic mass is 9.94. The van der Waals surface area contributed by atoms with Crippen LogP contribution in [0.5, 0.6) is 5.88 Å². The number of hydrogen-bond donors (Lipinski definition) is 2. The van der Waals surface area contributed by atoms with Crippen molar-refractivity contribution in [2.24, 2.45) is 5.73 Å². The molecular weight excluding hydrogens is 228 g/mol. The summed E-state index contributed by atoms with van der Waals surface area (Å²) in [5.41, 5.74) is 6.56. The maximum atomic E-state index is 5.66. The molecule has 5 nitrogen and oxygen atoms in total. The van der Waals surface area contributed by atoms with Crippen LogP contribution in [-0.2, 0) is 0 Å². The van der Waals surface area contributed by atoms with Gasteiger partial charge in [-0.1, -0.05) is 6.92 Å². The number of nitrogens with one attached hydrogen (secondary N) is 1. The molecule has 0 aliphatic rings. The molecule has 0 radical (unpaired) electrons. The van der Waals surface area contributed by atoms with E-state index in [2.05, 4.69) is 29.1 Å². The molecule has 0 amide bonds. The van der Waals surface area contributed by atoms with Crippen LogP contribution >= 0.6 is 0 Å². The first-order valence-electron chi connectivity index (χ1n) is 6.49. The smallest absolute Gasteiger partial charge is 0.221 e. The molecule has 102 valence electrons. The molecular formula is C13H24N4O. The molecule has 0 saturated heterocycles. The van der Waals surface area contributed by atoms with Gasteiger partial charge in [-0.3, -0.25) is 0 Å². The van der Waals surface area contributed by atoms with Gasteiger partial charge in [0.25, 0.3) is 0 Å². The molecule has 5 heteroatoms. The largest absolute Gasteiger partial charge is 0.478 e. The van der Waals surface area contributed by atoms with Crippen molar-refractivity contribution in [2.75, 3.05) is 18.5 Å². The second-order valence-electron chi connectivity index (χ2n) is 4.66. The zero-order valence-electron chi connectivity index (χ0n) is 11.8. The van der Waals surface area contributed by atoms with Crippen molar-refractivity contribution in [3.8, 4) is 5.88 Å². The van der Waals surface area contributed by atoms with Gasteiger partial charge in [0.2, 0.25) is 5.88 Å². The number of rotatable bonds is 7. The highest BCUT2D eigenvalue weighted by Gasteiger charge is 2.22. The minimum absolute atomic E-state index is 0.0443. The van der Waals surface area contributed by atoms with E-state index in [1.165, 1.54) is 6.33 Å². The van der Waals surface area contributed by atoms with E-state index in [4.69, 9.17) is 10.5 Å². The molecule has 1 rings (SSSR count). The van der Waals surface area contributed by atoms with Crippen LogP contribution in [0.15, 0.2) is 6.33 Å². The third-order valence-electron chi connectivity index (χ3n) is 3.22. The summed E-state index contributed by atoms with van der Waals surface area (Å²) < 4.78 is 5.47. The Morgan fingerprint density at radius 3 is 2.67 bits per heavy atom. The first-order chi connectivity index (χ1) is 8.56. The Labute approximate surface area is 109 Å². The second-order valence-corrected chi connectivity index (χ2v) is 4.66. The summed E-state index contributed by atoms with van der Waals surface area (Å²) in [6.07, 6.45) is 3.41. The first kappa shape index (κ1) is 14.7. The quantitative estimate of drug-likeness (QED) is 0.777. The third-order valence-corrected chi connectivity index (χ3v) is 3.22. The summed E-state index contributed by atoms with van der Waals surface area (Å²) in [7, 11) is 0. The average Bonchev–Trinajstić information content (AvgIpc) is 2.35. The number of hydrogen-bond acceptors (Lipinski definition) is 5. The van der Waals surface area contributed by atoms with Crippen LogP contribution in [0.3, 0.4) is 0 Å². The molecule has 1 heterocycles. The van der Waals surface area contributed by atoms with Crippen molar-refractivity contribution in [2.45, 2.75) is 46.1 Å². The van der Waals surface area contributed by atoms with E-state index in [9.17, 15) is 0 Å². The summed E-state index contributed by atoms with van der Waals surface area (Å²) in [6.45, 7) is 9.46. The van der Waals surface area contributed by atoms with Gasteiger partial charge < -0.3 is 15.8 Å². The molecule has 0 aliphatic carbocycles. The molecule has 3 N–H and O–H groups in total. The maximum Gasteiger partial charge on any atom is 0.221 e. The fourth-order valence-corrected chi connectivity index (χ4v) is 1.77. The van der Waals surface area contributed by atoms with Gasteiger partial charge in [-0.15, -0.1) is 0 Å². The Morgan fingerprint density at radius 1 is 1.39 bits per heavy atom. The van der Waals surface area contributed by atoms with E-state index in [0.717, 1.165) is 24.2 Å². The van der Waals surface area contributed by atoms with Crippen LogP contribution in [0.1, 0.15) is 39.2 Å². The van der Waals surface area contributed by atoms with Crippen molar-refractivity contribution >= 4 is 5.82 Å². The molecule has 1 aromatic rings. The number of nitrogens with two attached hydrogens (primary N) is 1. The Bertz CT molecular complexity index is 383. The Kier molecular flexibility index (Phi) is 5.34. The standard InChI is InChI=1S/C13H24N4O/c1-5-13(4,7-8-14)17-11-10(3)12(18-6-2)16-9-15-11/h9H,5-8,14H2,1-4H3,(H,15,16,17). The van der Waals surface area contributed by atoms with Crippen LogP contribution in [0.4, 0.5) is 5.82 Å². The van der Waals surface area contributed by atoms with Gasteiger partial charge in [-0.25, -0.2) is 9.97 Å². The van der Waals surface area contributed by atoms with Crippen LogP contribution in [0.2, 0.25) is 0 Å². The Balaban J connectivity index is 2.92. The number of nitrogens with zero attached hydrogens (tertiary/aromatic N) is 2. The molecule has 0 fully saturated rings. The normalized spacial score (nSPS) is 14.1. The minimum Gasteiger partial charge on any atom is -0.478 e. The van der Waals surface area contributed by atoms with E-state index in [0.29, 0.717) is 19.0 Å². The summed E-state index contributed by atoms with van der Waals surface area (Å²) >= 11 is 0. The summed E-state index contributed by atoms with van der Waals surface area (Å²) in [4.78, 5) is 8.43. The molecule has 0 saturated carbocycles. The monoisotopic (exact) mass is 252 g/mol. The first-order valence-corrected chi connectivity index (χ1v) is 6.49. The van der Waals surface area contributed by atoms with Gasteiger partial charge in [0.05, 0.1) is 12.2 Å². The summed E-state index contributed by atoms with van der Waals surface area (Å²) in [6, 6.07) is 0. The number of anilines is 1. The van der Waals surface area contributed by atoms with E-state index >= 15 is 0 Å². The van der Waals surface area contributed by atoms with Crippen molar-refractivity contribution in [1.29, 1.82) is 0 Å². The molecule has 0 bridgehead atoms. The second kappa shape index (κ2) is 6.54. The molecule has 0 aromatic carbocycles. The minimum atomic E-state index is -0.0443. The van der Waals surface area contributed by atoms with Crippen LogP contribution in [-0.4, -0.2) is 28.7 Å². The van der Waals surface area contributed by atoms with Gasteiger partial charge >= 0.3 is 0 Å². The molecule has 1 atom stereocenters. The third kappa shape index (κ3) is 3.57. The summed E-state index contributed by atoms with van der Waals surface area (Å²) in [5.74, 6) is 1.47. The van der Waals surface area contributed by atoms with Crippen LogP contribution in [0.25, 0.3) is 0 Å². The fourth-order valence-electron chi connectivity index (χ4n) is 1.77. The van der Waals surface area contributed by atoms with Gasteiger partial charge in [-0.05, 0) is 40.2 Å². The highest BCUT2D eigenvalue weighted by atomic mass is 16.5. The predicted molar refractivity (Wildman–Crippen MR) is 73.9 cm³/mol. The zero-order chi connectivity index (χ0) is 13.6. The van der Waals surface area contributed by atoms with Gasteiger partial charge in [0, 0.05) is 5.54 Å². The lowest BCUT2D eigenvalue weighted by Gasteiger charge is -2.30. The molecule has 0 aliphatic heterocycles. The Morgan fingerprint density at radius 2 is 2.11 bits per heavy atom. The summed E-state index contributed by atoms with van der Waals surface area (Å²) in [5, 5.41) is 3.46. The van der Waals surface area contributed by atoms with E-state index in [1.54, 1.807) is 0 Å². The zero-order valence-corrected chi connectivity index (χ0v) is 11.8. The fraction of sp³-hybridized carbons (Fsp3) is 0.692. The lowest BCUT2D eigenvalue weighted by molar-refractivity contribution is 0.323. The molecule has 0 spiro atoms. The highest BCUT2D eigenvalue weighted by Crippen LogP contribution is 2.26. The van der Waals surface area contributed by atoms with Crippen molar-refractivity contribution in [1.82, 2.24) is 9.97 Å². The topological polar surface area (TPSA) is 73.1 Å². The number of aromatic nitrogens is 2. The van der Waals surface area contributed by atoms with E-state index in [-0.39, 0.29) is 5.54 Å². The molecule has 18 heavy (non-hydrogen) atoms. The Hall–Kier alpha value is -1.36. The van der Waals surface area contributed by atoms with Crippen LogP contribution < -0.4 is 15.8 Å².